The number of alkyl halides is 3. The van der Waals surface area contributed by atoms with E-state index in [4.69, 9.17) is 0 Å². The molecule has 1 saturated heterocycles. The molecule has 1 aliphatic heterocycles. The van der Waals surface area contributed by atoms with Crippen LogP contribution >= 0.6 is 0 Å². The first-order chi connectivity index (χ1) is 13.4. The van der Waals surface area contributed by atoms with Crippen molar-refractivity contribution in [2.24, 2.45) is 0 Å². The average molecular weight is 402 g/mol. The topological polar surface area (TPSA) is 56.8 Å². The van der Waals surface area contributed by atoms with Crippen LogP contribution in [0.1, 0.15) is 18.1 Å². The van der Waals surface area contributed by atoms with E-state index in [2.05, 4.69) is 38.2 Å². The SMILES string of the molecule is CCN1CCN(Cc2ccccc2CNC(=O)NCCOCC(F)(F)F)CC1. The highest BCUT2D eigenvalue weighted by Crippen LogP contribution is 2.14. The highest BCUT2D eigenvalue weighted by molar-refractivity contribution is 5.73. The standard InChI is InChI=1S/C19H29F3N4O2/c1-2-25-8-10-26(11-9-25)14-17-6-4-3-5-16(17)13-24-18(27)23-7-12-28-15-19(20,21)22/h3-6H,2,7-15H2,1H3,(H2,23,24,27). The minimum atomic E-state index is -4.35. The van der Waals surface area contributed by atoms with E-state index < -0.39 is 18.8 Å². The van der Waals surface area contributed by atoms with Gasteiger partial charge in [-0.1, -0.05) is 31.2 Å². The molecule has 0 spiro atoms. The van der Waals surface area contributed by atoms with Crippen molar-refractivity contribution < 1.29 is 22.7 Å². The lowest BCUT2D eigenvalue weighted by Gasteiger charge is -2.34. The van der Waals surface area contributed by atoms with Crippen molar-refractivity contribution in [1.29, 1.82) is 0 Å². The molecule has 1 heterocycles. The molecule has 2 amide bonds. The zero-order valence-electron chi connectivity index (χ0n) is 16.2. The van der Waals surface area contributed by atoms with Crippen LogP contribution in [0, 0.1) is 0 Å². The first kappa shape index (κ1) is 22.4. The van der Waals surface area contributed by atoms with Crippen molar-refractivity contribution in [2.75, 3.05) is 52.5 Å². The molecule has 0 aromatic heterocycles. The fourth-order valence-electron chi connectivity index (χ4n) is 3.05. The Hall–Kier alpha value is -1.84. The second kappa shape index (κ2) is 11.2. The summed E-state index contributed by atoms with van der Waals surface area (Å²) in [4.78, 5) is 16.7. The summed E-state index contributed by atoms with van der Waals surface area (Å²) in [5, 5.41) is 5.24. The van der Waals surface area contributed by atoms with Gasteiger partial charge in [0.15, 0.2) is 0 Å². The number of rotatable bonds is 9. The molecule has 2 rings (SSSR count). The predicted molar refractivity (Wildman–Crippen MR) is 101 cm³/mol. The number of nitrogens with zero attached hydrogens (tertiary/aromatic N) is 2. The Morgan fingerprint density at radius 1 is 1.07 bits per heavy atom. The molecule has 1 aliphatic rings. The van der Waals surface area contributed by atoms with Gasteiger partial charge < -0.3 is 20.3 Å². The molecule has 1 fully saturated rings. The van der Waals surface area contributed by atoms with Crippen LogP contribution in [0.15, 0.2) is 24.3 Å². The molecule has 28 heavy (non-hydrogen) atoms. The van der Waals surface area contributed by atoms with Gasteiger partial charge in [0.2, 0.25) is 0 Å². The monoisotopic (exact) mass is 402 g/mol. The molecular weight excluding hydrogens is 373 g/mol. The molecule has 0 saturated carbocycles. The van der Waals surface area contributed by atoms with Gasteiger partial charge in [-0.2, -0.15) is 13.2 Å². The second-order valence-electron chi connectivity index (χ2n) is 6.76. The first-order valence-electron chi connectivity index (χ1n) is 9.55. The quantitative estimate of drug-likeness (QED) is 0.622. The lowest BCUT2D eigenvalue weighted by molar-refractivity contribution is -0.173. The zero-order valence-corrected chi connectivity index (χ0v) is 16.2. The van der Waals surface area contributed by atoms with Gasteiger partial charge in [-0.3, -0.25) is 4.90 Å². The summed E-state index contributed by atoms with van der Waals surface area (Å²) in [7, 11) is 0. The molecule has 1 aromatic carbocycles. The maximum atomic E-state index is 12.0. The predicted octanol–water partition coefficient (Wildman–Crippen LogP) is 2.20. The summed E-state index contributed by atoms with van der Waals surface area (Å²) < 4.78 is 40.3. The van der Waals surface area contributed by atoms with E-state index in [0.717, 1.165) is 44.8 Å². The first-order valence-corrected chi connectivity index (χ1v) is 9.55. The highest BCUT2D eigenvalue weighted by atomic mass is 19.4. The molecule has 2 N–H and O–H groups in total. The van der Waals surface area contributed by atoms with Crippen LogP contribution in [0.5, 0.6) is 0 Å². The summed E-state index contributed by atoms with van der Waals surface area (Å²) in [6.45, 7) is 7.14. The smallest absolute Gasteiger partial charge is 0.370 e. The van der Waals surface area contributed by atoms with E-state index in [1.54, 1.807) is 0 Å². The van der Waals surface area contributed by atoms with Gasteiger partial charge in [0.25, 0.3) is 0 Å². The van der Waals surface area contributed by atoms with Crippen LogP contribution in [0.3, 0.4) is 0 Å². The van der Waals surface area contributed by atoms with Crippen LogP contribution in [-0.2, 0) is 17.8 Å². The van der Waals surface area contributed by atoms with Gasteiger partial charge in [-0.05, 0) is 17.7 Å². The molecular formula is C19H29F3N4O2. The number of halogens is 3. The molecule has 158 valence electrons. The van der Waals surface area contributed by atoms with Crippen LogP contribution < -0.4 is 10.6 Å². The number of piperazine rings is 1. The van der Waals surface area contributed by atoms with Gasteiger partial charge in [-0.25, -0.2) is 4.79 Å². The Labute approximate surface area is 164 Å². The summed E-state index contributed by atoms with van der Waals surface area (Å²) in [5.41, 5.74) is 2.20. The fourth-order valence-corrected chi connectivity index (χ4v) is 3.05. The molecule has 0 atom stereocenters. The number of hydrogen-bond donors (Lipinski definition) is 2. The molecule has 0 bridgehead atoms. The van der Waals surface area contributed by atoms with Crippen molar-refractivity contribution >= 4 is 6.03 Å². The Morgan fingerprint density at radius 2 is 1.71 bits per heavy atom. The van der Waals surface area contributed by atoms with Crippen molar-refractivity contribution in [3.8, 4) is 0 Å². The summed E-state index contributed by atoms with van der Waals surface area (Å²) in [6, 6.07) is 7.52. The number of carbonyl (C=O) groups is 1. The minimum absolute atomic E-state index is 0.0191. The number of urea groups is 1. The number of benzene rings is 1. The van der Waals surface area contributed by atoms with E-state index in [0.29, 0.717) is 6.54 Å². The lowest BCUT2D eigenvalue weighted by Crippen LogP contribution is -2.45. The third kappa shape index (κ3) is 8.45. The Kier molecular flexibility index (Phi) is 9.01. The Balaban J connectivity index is 1.71. The highest BCUT2D eigenvalue weighted by Gasteiger charge is 2.27. The summed E-state index contributed by atoms with van der Waals surface area (Å²) in [6.07, 6.45) is -4.35. The van der Waals surface area contributed by atoms with Crippen molar-refractivity contribution in [3.05, 3.63) is 35.4 Å². The summed E-state index contributed by atoms with van der Waals surface area (Å²) in [5.74, 6) is 0. The van der Waals surface area contributed by atoms with Crippen LogP contribution in [0.25, 0.3) is 0 Å². The number of ether oxygens (including phenoxy) is 1. The van der Waals surface area contributed by atoms with Crippen molar-refractivity contribution in [1.82, 2.24) is 20.4 Å². The zero-order chi connectivity index (χ0) is 20.4. The van der Waals surface area contributed by atoms with Crippen molar-refractivity contribution in [3.63, 3.8) is 0 Å². The average Bonchev–Trinajstić information content (AvgIpc) is 2.67. The number of carbonyl (C=O) groups excluding carboxylic acids is 1. The molecule has 6 nitrogen and oxygen atoms in total. The Bertz CT molecular complexity index is 605. The number of likely N-dealkylation sites (N-methyl/N-ethyl adjacent to an activating group) is 1. The van der Waals surface area contributed by atoms with Gasteiger partial charge in [0.05, 0.1) is 6.61 Å². The maximum Gasteiger partial charge on any atom is 0.411 e. The van der Waals surface area contributed by atoms with Crippen LogP contribution in [0.4, 0.5) is 18.0 Å². The van der Waals surface area contributed by atoms with E-state index in [1.807, 2.05) is 18.2 Å². The molecule has 0 aliphatic carbocycles. The lowest BCUT2D eigenvalue weighted by atomic mass is 10.1. The minimum Gasteiger partial charge on any atom is -0.370 e. The normalized spacial score (nSPS) is 16.1. The van der Waals surface area contributed by atoms with E-state index in [1.165, 1.54) is 5.56 Å². The van der Waals surface area contributed by atoms with Gasteiger partial charge in [-0.15, -0.1) is 0 Å². The third-order valence-corrected chi connectivity index (χ3v) is 4.66. The van der Waals surface area contributed by atoms with Gasteiger partial charge in [0.1, 0.15) is 6.61 Å². The third-order valence-electron chi connectivity index (χ3n) is 4.66. The number of amides is 2. The Morgan fingerprint density at radius 3 is 2.36 bits per heavy atom. The van der Waals surface area contributed by atoms with E-state index >= 15 is 0 Å². The van der Waals surface area contributed by atoms with Crippen LogP contribution in [-0.4, -0.2) is 74.5 Å². The fraction of sp³-hybridized carbons (Fsp3) is 0.632. The molecule has 0 radical (unpaired) electrons. The van der Waals surface area contributed by atoms with Crippen molar-refractivity contribution in [2.45, 2.75) is 26.2 Å². The number of hydrogen-bond acceptors (Lipinski definition) is 4. The largest absolute Gasteiger partial charge is 0.411 e. The van der Waals surface area contributed by atoms with Crippen LogP contribution in [0.2, 0.25) is 0 Å². The maximum absolute atomic E-state index is 12.0. The molecule has 9 heteroatoms. The van der Waals surface area contributed by atoms with Gasteiger partial charge >= 0.3 is 12.2 Å². The summed E-state index contributed by atoms with van der Waals surface area (Å²) >= 11 is 0. The molecule has 0 unspecified atom stereocenters. The van der Waals surface area contributed by atoms with E-state index in [9.17, 15) is 18.0 Å². The molecule has 1 aromatic rings. The second-order valence-corrected chi connectivity index (χ2v) is 6.76. The van der Waals surface area contributed by atoms with E-state index in [-0.39, 0.29) is 13.2 Å². The number of nitrogens with one attached hydrogen (secondary N) is 2. The van der Waals surface area contributed by atoms with Gasteiger partial charge in [0, 0.05) is 45.8 Å².